The molecule has 156 valence electrons. The zero-order chi connectivity index (χ0) is 22.2. The van der Waals surface area contributed by atoms with Crippen LogP contribution in [0.15, 0.2) is 53.8 Å². The predicted molar refractivity (Wildman–Crippen MR) is 106 cm³/mol. The number of hydrogen-bond acceptors (Lipinski definition) is 6. The van der Waals surface area contributed by atoms with Crippen LogP contribution in [0, 0.1) is 21.8 Å². The zero-order valence-corrected chi connectivity index (χ0v) is 16.2. The van der Waals surface area contributed by atoms with E-state index in [1.54, 1.807) is 13.8 Å². The lowest BCUT2D eigenvalue weighted by Gasteiger charge is -2.27. The van der Waals surface area contributed by atoms with Gasteiger partial charge in [0.1, 0.15) is 5.82 Å². The summed E-state index contributed by atoms with van der Waals surface area (Å²) < 4.78 is 13.8. The van der Waals surface area contributed by atoms with Crippen LogP contribution >= 0.6 is 0 Å². The first-order chi connectivity index (χ1) is 14.1. The average molecular weight is 414 g/mol. The zero-order valence-electron chi connectivity index (χ0n) is 16.2. The molecule has 8 nitrogen and oxygen atoms in total. The molecule has 2 N–H and O–H groups in total. The number of nitro benzene ring substituents is 1. The molecular weight excluding hydrogens is 395 g/mol. The maximum atomic E-state index is 13.8. The molecule has 1 aliphatic rings. The fourth-order valence-corrected chi connectivity index (χ4v) is 3.44. The summed E-state index contributed by atoms with van der Waals surface area (Å²) in [5, 5.41) is 31.5. The highest BCUT2D eigenvalue weighted by atomic mass is 19.1. The number of nitrogens with zero attached hydrogens (tertiary/aromatic N) is 2. The van der Waals surface area contributed by atoms with Crippen molar-refractivity contribution in [2.24, 2.45) is 5.92 Å². The van der Waals surface area contributed by atoms with Gasteiger partial charge in [-0.15, -0.1) is 0 Å². The normalized spacial score (nSPS) is 16.5. The van der Waals surface area contributed by atoms with E-state index in [9.17, 15) is 34.3 Å². The molecule has 0 aromatic heterocycles. The topological polar surface area (TPSA) is 121 Å². The molecule has 30 heavy (non-hydrogen) atoms. The molecule has 1 atom stereocenters. The Morgan fingerprint density at radius 1 is 1.23 bits per heavy atom. The monoisotopic (exact) mass is 414 g/mol. The van der Waals surface area contributed by atoms with Crippen molar-refractivity contribution in [3.63, 3.8) is 0 Å². The Balaban J connectivity index is 2.22. The summed E-state index contributed by atoms with van der Waals surface area (Å²) in [6.07, 6.45) is 0.0281. The van der Waals surface area contributed by atoms with Crippen LogP contribution in [0.3, 0.4) is 0 Å². The van der Waals surface area contributed by atoms with Crippen molar-refractivity contribution in [2.45, 2.75) is 26.3 Å². The first-order valence-electron chi connectivity index (χ1n) is 9.14. The van der Waals surface area contributed by atoms with Gasteiger partial charge in [-0.25, -0.2) is 4.39 Å². The van der Waals surface area contributed by atoms with Gasteiger partial charge in [-0.1, -0.05) is 26.0 Å². The minimum absolute atomic E-state index is 0.0281. The van der Waals surface area contributed by atoms with Gasteiger partial charge in [-0.2, -0.15) is 0 Å². The second-order valence-corrected chi connectivity index (χ2v) is 7.35. The lowest BCUT2D eigenvalue weighted by Crippen LogP contribution is -2.31. The summed E-state index contributed by atoms with van der Waals surface area (Å²) in [6.45, 7) is 3.58. The van der Waals surface area contributed by atoms with E-state index in [-0.39, 0.29) is 29.2 Å². The first-order valence-corrected chi connectivity index (χ1v) is 9.14. The number of nitro groups is 1. The highest BCUT2D eigenvalue weighted by Gasteiger charge is 2.44. The lowest BCUT2D eigenvalue weighted by molar-refractivity contribution is -0.385. The number of Topliss-reactive ketones (excluding diaryl/α,β-unsaturated/α-hetero) is 1. The molecule has 1 unspecified atom stereocenters. The average Bonchev–Trinajstić information content (AvgIpc) is 2.92. The van der Waals surface area contributed by atoms with Crippen LogP contribution in [0.25, 0.3) is 0 Å². The van der Waals surface area contributed by atoms with Crippen LogP contribution in [0.2, 0.25) is 0 Å². The van der Waals surface area contributed by atoms with E-state index in [2.05, 4.69) is 0 Å². The molecule has 0 bridgehead atoms. The van der Waals surface area contributed by atoms with E-state index in [1.165, 1.54) is 24.3 Å². The van der Waals surface area contributed by atoms with Crippen LogP contribution in [0.5, 0.6) is 5.75 Å². The van der Waals surface area contributed by atoms with Crippen molar-refractivity contribution in [3.05, 3.63) is 75.3 Å². The maximum absolute atomic E-state index is 13.8. The third-order valence-corrected chi connectivity index (χ3v) is 4.70. The Hall–Kier alpha value is -3.75. The molecule has 0 fully saturated rings. The predicted octanol–water partition coefficient (Wildman–Crippen LogP) is 3.95. The van der Waals surface area contributed by atoms with Crippen molar-refractivity contribution < 1.29 is 29.1 Å². The van der Waals surface area contributed by atoms with E-state index in [0.29, 0.717) is 0 Å². The number of anilines is 1. The maximum Gasteiger partial charge on any atom is 0.311 e. The number of phenolic OH excluding ortho intramolecular Hbond substituents is 1. The van der Waals surface area contributed by atoms with E-state index >= 15 is 0 Å². The fourth-order valence-electron chi connectivity index (χ4n) is 3.44. The number of aliphatic hydroxyl groups is 1. The van der Waals surface area contributed by atoms with Crippen molar-refractivity contribution in [1.82, 2.24) is 0 Å². The molecule has 2 aromatic rings. The number of amides is 1. The molecule has 0 radical (unpaired) electrons. The number of ketones is 1. The van der Waals surface area contributed by atoms with Crippen LogP contribution in [-0.4, -0.2) is 26.8 Å². The Kier molecular flexibility index (Phi) is 5.55. The van der Waals surface area contributed by atoms with Crippen LogP contribution in [-0.2, 0) is 9.59 Å². The number of carbonyl (C=O) groups excluding carboxylic acids is 2. The molecule has 1 heterocycles. The number of benzene rings is 2. The minimum atomic E-state index is -1.22. The number of rotatable bonds is 6. The van der Waals surface area contributed by atoms with Crippen molar-refractivity contribution in [2.75, 3.05) is 4.90 Å². The molecule has 2 aromatic carbocycles. The SMILES string of the molecule is CC(C)CC(=O)C1=C(O)C(=O)N(c2cccc(F)c2)C1c1ccc(O)c([N+](=O)[O-])c1. The van der Waals surface area contributed by atoms with Crippen LogP contribution in [0.4, 0.5) is 15.8 Å². The highest BCUT2D eigenvalue weighted by Crippen LogP contribution is 2.43. The second-order valence-electron chi connectivity index (χ2n) is 7.35. The Bertz CT molecular complexity index is 1080. The number of carbonyl (C=O) groups is 2. The van der Waals surface area contributed by atoms with Crippen molar-refractivity contribution in [1.29, 1.82) is 0 Å². The highest BCUT2D eigenvalue weighted by molar-refractivity contribution is 6.16. The first kappa shape index (κ1) is 21.0. The molecule has 0 saturated carbocycles. The molecule has 0 saturated heterocycles. The lowest BCUT2D eigenvalue weighted by atomic mass is 9.91. The Morgan fingerprint density at radius 3 is 2.53 bits per heavy atom. The molecule has 1 amide bonds. The van der Waals surface area contributed by atoms with E-state index in [0.717, 1.165) is 23.1 Å². The van der Waals surface area contributed by atoms with E-state index in [1.807, 2.05) is 0 Å². The summed E-state index contributed by atoms with van der Waals surface area (Å²) >= 11 is 0. The van der Waals surface area contributed by atoms with Gasteiger partial charge in [0.2, 0.25) is 0 Å². The van der Waals surface area contributed by atoms with Gasteiger partial charge in [0.25, 0.3) is 5.91 Å². The number of aromatic hydroxyl groups is 1. The van der Waals surface area contributed by atoms with Gasteiger partial charge in [-0.3, -0.25) is 24.6 Å². The number of phenols is 1. The molecular formula is C21H19FN2O6. The summed E-state index contributed by atoms with van der Waals surface area (Å²) in [7, 11) is 0. The van der Waals surface area contributed by atoms with Crippen molar-refractivity contribution >= 4 is 23.1 Å². The molecule has 3 rings (SSSR count). The van der Waals surface area contributed by atoms with E-state index < -0.39 is 45.7 Å². The second kappa shape index (κ2) is 7.94. The van der Waals surface area contributed by atoms with Gasteiger partial charge in [0.15, 0.2) is 17.3 Å². The number of hydrogen-bond donors (Lipinski definition) is 2. The Morgan fingerprint density at radius 2 is 1.93 bits per heavy atom. The number of aliphatic hydroxyl groups excluding tert-OH is 1. The van der Waals surface area contributed by atoms with Gasteiger partial charge in [-0.05, 0) is 35.7 Å². The van der Waals surface area contributed by atoms with Gasteiger partial charge in [0, 0.05) is 18.2 Å². The smallest absolute Gasteiger partial charge is 0.311 e. The summed E-state index contributed by atoms with van der Waals surface area (Å²) in [6, 6.07) is 7.21. The summed E-state index contributed by atoms with van der Waals surface area (Å²) in [5.74, 6) is -3.52. The molecule has 1 aliphatic heterocycles. The molecule has 0 aliphatic carbocycles. The minimum Gasteiger partial charge on any atom is -0.503 e. The van der Waals surface area contributed by atoms with Gasteiger partial charge in [0.05, 0.1) is 16.5 Å². The summed E-state index contributed by atoms with van der Waals surface area (Å²) in [5.41, 5.74) is -0.660. The van der Waals surface area contributed by atoms with Crippen LogP contribution < -0.4 is 4.90 Å². The summed E-state index contributed by atoms with van der Waals surface area (Å²) in [4.78, 5) is 37.2. The third-order valence-electron chi connectivity index (χ3n) is 4.70. The van der Waals surface area contributed by atoms with Gasteiger partial charge < -0.3 is 10.2 Å². The third kappa shape index (κ3) is 3.73. The standard InChI is InChI=1S/C21H19FN2O6/c1-11(2)8-17(26)18-19(12-6-7-16(25)15(9-12)24(29)30)23(21(28)20(18)27)14-5-3-4-13(22)10-14/h3-7,9-11,19,25,27H,8H2,1-2H3. The largest absolute Gasteiger partial charge is 0.503 e. The number of halogens is 1. The van der Waals surface area contributed by atoms with Gasteiger partial charge >= 0.3 is 5.69 Å². The van der Waals surface area contributed by atoms with Crippen molar-refractivity contribution in [3.8, 4) is 5.75 Å². The van der Waals surface area contributed by atoms with Crippen LogP contribution in [0.1, 0.15) is 31.9 Å². The quantitative estimate of drug-likeness (QED) is 0.545. The fraction of sp³-hybridized carbons (Fsp3) is 0.238. The van der Waals surface area contributed by atoms with E-state index in [4.69, 9.17) is 0 Å². The molecule has 0 spiro atoms. The Labute approximate surface area is 171 Å². The molecule has 9 heteroatoms.